The lowest BCUT2D eigenvalue weighted by Crippen LogP contribution is -2.42. The average molecular weight is 424 g/mol. The minimum absolute atomic E-state index is 0.0132. The molecule has 0 spiro atoms. The third-order valence-corrected chi connectivity index (χ3v) is 4.09. The summed E-state index contributed by atoms with van der Waals surface area (Å²) in [5.74, 6) is 0.0511. The van der Waals surface area contributed by atoms with Crippen LogP contribution in [0.2, 0.25) is 0 Å². The van der Waals surface area contributed by atoms with E-state index in [9.17, 15) is 19.7 Å². The van der Waals surface area contributed by atoms with Gasteiger partial charge in [0, 0.05) is 19.0 Å². The normalized spacial score (nSPS) is 10.2. The Balaban J connectivity index is 1.40. The van der Waals surface area contributed by atoms with E-state index in [1.54, 1.807) is 36.4 Å². The standard InChI is InChI=1S/C21H20N4O6/c26-20(12-13-22-17-8-4-5-9-18(17)25(28)29)23-24-21(27)19-11-10-16(31-19)14-30-15-6-2-1-3-7-15/h1-11,22H,12-14H2,(H,23,26)(H,24,27). The molecule has 1 aromatic heterocycles. The quantitative estimate of drug-likeness (QED) is 0.355. The van der Waals surface area contributed by atoms with Crippen molar-refractivity contribution >= 4 is 23.2 Å². The van der Waals surface area contributed by atoms with Crippen molar-refractivity contribution in [3.05, 3.63) is 88.4 Å². The fourth-order valence-corrected chi connectivity index (χ4v) is 2.59. The van der Waals surface area contributed by atoms with Crippen LogP contribution in [-0.4, -0.2) is 23.3 Å². The molecule has 0 fully saturated rings. The maximum absolute atomic E-state index is 12.1. The Kier molecular flexibility index (Phi) is 7.20. The lowest BCUT2D eigenvalue weighted by molar-refractivity contribution is -0.384. The number of hydrogen-bond acceptors (Lipinski definition) is 7. The minimum atomic E-state index is -0.619. The Morgan fingerprint density at radius 1 is 0.968 bits per heavy atom. The number of nitrogens with zero attached hydrogens (tertiary/aromatic N) is 1. The summed E-state index contributed by atoms with van der Waals surface area (Å²) < 4.78 is 11.0. The highest BCUT2D eigenvalue weighted by Crippen LogP contribution is 2.22. The molecule has 0 saturated heterocycles. The molecular weight excluding hydrogens is 404 g/mol. The van der Waals surface area contributed by atoms with E-state index in [2.05, 4.69) is 16.2 Å². The first-order valence-corrected chi connectivity index (χ1v) is 9.36. The van der Waals surface area contributed by atoms with Crippen LogP contribution in [0.15, 0.2) is 71.1 Å². The minimum Gasteiger partial charge on any atom is -0.486 e. The Morgan fingerprint density at radius 3 is 2.48 bits per heavy atom. The van der Waals surface area contributed by atoms with E-state index >= 15 is 0 Å². The van der Waals surface area contributed by atoms with Gasteiger partial charge in [-0.3, -0.25) is 30.6 Å². The number of benzene rings is 2. The number of hydrazine groups is 1. The summed E-state index contributed by atoms with van der Waals surface area (Å²) in [6, 6.07) is 18.4. The zero-order chi connectivity index (χ0) is 22.1. The predicted octanol–water partition coefficient (Wildman–Crippen LogP) is 3.03. The summed E-state index contributed by atoms with van der Waals surface area (Å²) in [6.45, 7) is 0.301. The van der Waals surface area contributed by atoms with Crippen LogP contribution in [-0.2, 0) is 11.4 Å². The van der Waals surface area contributed by atoms with E-state index in [1.807, 2.05) is 18.2 Å². The maximum atomic E-state index is 12.1. The molecule has 160 valence electrons. The van der Waals surface area contributed by atoms with Crippen molar-refractivity contribution < 1.29 is 23.7 Å². The van der Waals surface area contributed by atoms with Gasteiger partial charge in [0.2, 0.25) is 5.91 Å². The summed E-state index contributed by atoms with van der Waals surface area (Å²) >= 11 is 0. The number of nitro groups is 1. The molecule has 0 atom stereocenters. The molecule has 31 heavy (non-hydrogen) atoms. The van der Waals surface area contributed by atoms with Gasteiger partial charge in [0.1, 0.15) is 23.8 Å². The van der Waals surface area contributed by atoms with Gasteiger partial charge < -0.3 is 14.5 Å². The van der Waals surface area contributed by atoms with Crippen molar-refractivity contribution in [3.8, 4) is 5.75 Å². The van der Waals surface area contributed by atoms with Crippen LogP contribution in [0.25, 0.3) is 0 Å². The van der Waals surface area contributed by atoms with Gasteiger partial charge in [-0.15, -0.1) is 0 Å². The van der Waals surface area contributed by atoms with Gasteiger partial charge in [0.05, 0.1) is 4.92 Å². The zero-order valence-corrected chi connectivity index (χ0v) is 16.4. The molecule has 3 aromatic rings. The molecule has 0 aliphatic heterocycles. The second kappa shape index (κ2) is 10.4. The highest BCUT2D eigenvalue weighted by Gasteiger charge is 2.14. The summed E-state index contributed by atoms with van der Waals surface area (Å²) in [6.07, 6.45) is -0.0132. The second-order valence-electron chi connectivity index (χ2n) is 6.32. The number of para-hydroxylation sites is 3. The Labute approximate surface area is 177 Å². The van der Waals surface area contributed by atoms with Gasteiger partial charge in [-0.25, -0.2) is 0 Å². The second-order valence-corrected chi connectivity index (χ2v) is 6.32. The smallest absolute Gasteiger partial charge is 0.305 e. The molecule has 3 rings (SSSR count). The summed E-state index contributed by atoms with van der Waals surface area (Å²) in [5.41, 5.74) is 4.75. The van der Waals surface area contributed by atoms with Crippen molar-refractivity contribution in [2.45, 2.75) is 13.0 Å². The molecular formula is C21H20N4O6. The third-order valence-electron chi connectivity index (χ3n) is 4.09. The Morgan fingerprint density at radius 2 is 1.71 bits per heavy atom. The van der Waals surface area contributed by atoms with E-state index in [0.717, 1.165) is 0 Å². The van der Waals surface area contributed by atoms with Crippen molar-refractivity contribution in [1.82, 2.24) is 10.9 Å². The number of carbonyl (C=O) groups is 2. The van der Waals surface area contributed by atoms with E-state index in [-0.39, 0.29) is 31.0 Å². The van der Waals surface area contributed by atoms with Crippen LogP contribution < -0.4 is 20.9 Å². The maximum Gasteiger partial charge on any atom is 0.305 e. The lowest BCUT2D eigenvalue weighted by atomic mass is 10.2. The molecule has 10 nitrogen and oxygen atoms in total. The molecule has 0 radical (unpaired) electrons. The SMILES string of the molecule is O=C(CCNc1ccccc1[N+](=O)[O-])NNC(=O)c1ccc(COc2ccccc2)o1. The summed E-state index contributed by atoms with van der Waals surface area (Å²) in [7, 11) is 0. The first kappa shape index (κ1) is 21.4. The van der Waals surface area contributed by atoms with Crippen LogP contribution in [0, 0.1) is 10.1 Å². The Bertz CT molecular complexity index is 1050. The number of hydrogen-bond donors (Lipinski definition) is 3. The largest absolute Gasteiger partial charge is 0.486 e. The molecule has 2 aromatic carbocycles. The van der Waals surface area contributed by atoms with Gasteiger partial charge in [0.15, 0.2) is 5.76 Å². The summed E-state index contributed by atoms with van der Waals surface area (Å²) in [4.78, 5) is 34.5. The molecule has 0 aliphatic rings. The lowest BCUT2D eigenvalue weighted by Gasteiger charge is -2.08. The predicted molar refractivity (Wildman–Crippen MR) is 111 cm³/mol. The molecule has 0 saturated carbocycles. The summed E-state index contributed by atoms with van der Waals surface area (Å²) in [5, 5.41) is 13.8. The molecule has 3 N–H and O–H groups in total. The van der Waals surface area contributed by atoms with Crippen LogP contribution in [0.3, 0.4) is 0 Å². The average Bonchev–Trinajstić information content (AvgIpc) is 3.26. The van der Waals surface area contributed by atoms with Gasteiger partial charge in [-0.05, 0) is 30.3 Å². The monoisotopic (exact) mass is 424 g/mol. The van der Waals surface area contributed by atoms with Crippen LogP contribution >= 0.6 is 0 Å². The topological polar surface area (TPSA) is 136 Å². The van der Waals surface area contributed by atoms with Gasteiger partial charge in [-0.1, -0.05) is 30.3 Å². The van der Waals surface area contributed by atoms with Crippen molar-refractivity contribution in [1.29, 1.82) is 0 Å². The number of carbonyl (C=O) groups excluding carboxylic acids is 2. The van der Waals surface area contributed by atoms with Crippen molar-refractivity contribution in [2.24, 2.45) is 0 Å². The molecule has 0 bridgehead atoms. The molecule has 0 unspecified atom stereocenters. The molecule has 2 amide bonds. The van der Waals surface area contributed by atoms with Crippen LogP contribution in [0.5, 0.6) is 5.75 Å². The highest BCUT2D eigenvalue weighted by atomic mass is 16.6. The van der Waals surface area contributed by atoms with E-state index in [0.29, 0.717) is 17.2 Å². The first-order chi connectivity index (χ1) is 15.0. The van der Waals surface area contributed by atoms with E-state index < -0.39 is 16.7 Å². The molecule has 0 aliphatic carbocycles. The van der Waals surface area contributed by atoms with Gasteiger partial charge >= 0.3 is 5.91 Å². The third kappa shape index (κ3) is 6.32. The van der Waals surface area contributed by atoms with Gasteiger partial charge in [-0.2, -0.15) is 0 Å². The number of rotatable bonds is 9. The number of nitro benzene ring substituents is 1. The van der Waals surface area contributed by atoms with Gasteiger partial charge in [0.25, 0.3) is 5.69 Å². The van der Waals surface area contributed by atoms with Crippen LogP contribution in [0.1, 0.15) is 22.7 Å². The fourth-order valence-electron chi connectivity index (χ4n) is 2.59. The highest BCUT2D eigenvalue weighted by molar-refractivity contribution is 5.93. The zero-order valence-electron chi connectivity index (χ0n) is 16.4. The molecule has 1 heterocycles. The van der Waals surface area contributed by atoms with Crippen LogP contribution in [0.4, 0.5) is 11.4 Å². The van der Waals surface area contributed by atoms with Crippen molar-refractivity contribution in [3.63, 3.8) is 0 Å². The Hall–Kier alpha value is -4.34. The molecule has 10 heteroatoms. The number of ether oxygens (including phenoxy) is 1. The first-order valence-electron chi connectivity index (χ1n) is 9.36. The van der Waals surface area contributed by atoms with E-state index in [4.69, 9.17) is 9.15 Å². The number of anilines is 1. The number of furan rings is 1. The fraction of sp³-hybridized carbons (Fsp3) is 0.143. The van der Waals surface area contributed by atoms with Crippen molar-refractivity contribution in [2.75, 3.05) is 11.9 Å². The van der Waals surface area contributed by atoms with E-state index in [1.165, 1.54) is 12.1 Å². The number of amides is 2. The number of nitrogens with one attached hydrogen (secondary N) is 3.